The van der Waals surface area contributed by atoms with Crippen molar-refractivity contribution in [2.75, 3.05) is 5.75 Å². The maximum atomic E-state index is 11.5. The average molecular weight is 239 g/mol. The van der Waals surface area contributed by atoms with Crippen molar-refractivity contribution < 1.29 is 14.1 Å². The fourth-order valence-electron chi connectivity index (χ4n) is 1.19. The average Bonchev–Trinajstić information content (AvgIpc) is 2.17. The van der Waals surface area contributed by atoms with Gasteiger partial charge in [0.1, 0.15) is 5.75 Å². The molecule has 0 saturated carbocycles. The van der Waals surface area contributed by atoms with Crippen LogP contribution in [0, 0.1) is 0 Å². The molecule has 86 valence electrons. The Morgan fingerprint density at radius 2 is 1.94 bits per heavy atom. The van der Waals surface area contributed by atoms with Gasteiger partial charge in [0.15, 0.2) is 5.75 Å². The third-order valence-electron chi connectivity index (χ3n) is 1.78. The van der Waals surface area contributed by atoms with Gasteiger partial charge in [-0.3, -0.25) is 14.9 Å². The second kappa shape index (κ2) is 6.30. The van der Waals surface area contributed by atoms with E-state index in [1.165, 1.54) is 6.92 Å². The van der Waals surface area contributed by atoms with Gasteiger partial charge in [-0.1, -0.05) is 30.3 Å². The summed E-state index contributed by atoms with van der Waals surface area (Å²) in [6, 6.07) is 9.26. The Hall–Kier alpha value is -1.33. The van der Waals surface area contributed by atoms with Crippen molar-refractivity contribution in [3.63, 3.8) is 0 Å². The number of nitrogens with one attached hydrogen (secondary N) is 1. The number of carbonyl (C=O) groups excluding carboxylic acids is 2. The molecule has 1 rings (SSSR count). The molecule has 1 atom stereocenters. The molecule has 0 aliphatic carbocycles. The molecule has 0 aliphatic heterocycles. The van der Waals surface area contributed by atoms with Crippen LogP contribution in [0.2, 0.25) is 0 Å². The number of hydrogen-bond donors (Lipinski definition) is 1. The van der Waals surface area contributed by atoms with Gasteiger partial charge >= 0.3 is 0 Å². The van der Waals surface area contributed by atoms with E-state index in [9.17, 15) is 14.1 Å². The molecular formula is C11H13NO3S. The van der Waals surface area contributed by atoms with Crippen molar-refractivity contribution in [1.29, 1.82) is 0 Å². The summed E-state index contributed by atoms with van der Waals surface area (Å²) in [6.45, 7) is 1.25. The molecule has 2 amide bonds. The molecule has 16 heavy (non-hydrogen) atoms. The second-order valence-corrected chi connectivity index (χ2v) is 4.78. The Kier molecular flexibility index (Phi) is 5.01. The summed E-state index contributed by atoms with van der Waals surface area (Å²) in [4.78, 5) is 21.7. The summed E-state index contributed by atoms with van der Waals surface area (Å²) < 4.78 is 11.5. The summed E-state index contributed by atoms with van der Waals surface area (Å²) >= 11 is -1.28. The van der Waals surface area contributed by atoms with Crippen LogP contribution in [0.4, 0.5) is 0 Å². The van der Waals surface area contributed by atoms with E-state index in [-0.39, 0.29) is 5.75 Å². The van der Waals surface area contributed by atoms with Crippen LogP contribution in [0.15, 0.2) is 30.3 Å². The van der Waals surface area contributed by atoms with Crippen molar-refractivity contribution in [1.82, 2.24) is 5.32 Å². The Bertz CT molecular complexity index is 367. The molecule has 1 unspecified atom stereocenters. The lowest BCUT2D eigenvalue weighted by atomic mass is 10.2. The van der Waals surface area contributed by atoms with Crippen LogP contribution in [0.1, 0.15) is 12.5 Å². The first kappa shape index (κ1) is 12.7. The van der Waals surface area contributed by atoms with Crippen LogP contribution in [-0.2, 0) is 26.5 Å². The Morgan fingerprint density at radius 3 is 2.50 bits per heavy atom. The molecule has 0 radical (unpaired) electrons. The van der Waals surface area contributed by atoms with E-state index in [0.717, 1.165) is 5.56 Å². The molecule has 1 N–H and O–H groups in total. The number of imide groups is 1. The molecular weight excluding hydrogens is 226 g/mol. The van der Waals surface area contributed by atoms with E-state index in [0.29, 0.717) is 5.75 Å². The minimum absolute atomic E-state index is 0.144. The minimum Gasteiger partial charge on any atom is -0.616 e. The van der Waals surface area contributed by atoms with E-state index in [1.54, 1.807) is 0 Å². The van der Waals surface area contributed by atoms with Crippen LogP contribution in [0.5, 0.6) is 0 Å². The van der Waals surface area contributed by atoms with Crippen molar-refractivity contribution in [2.24, 2.45) is 0 Å². The number of rotatable bonds is 4. The van der Waals surface area contributed by atoms with E-state index in [4.69, 9.17) is 0 Å². The van der Waals surface area contributed by atoms with Crippen molar-refractivity contribution in [3.8, 4) is 0 Å². The molecule has 0 aliphatic rings. The van der Waals surface area contributed by atoms with Gasteiger partial charge in [0, 0.05) is 12.5 Å². The zero-order chi connectivity index (χ0) is 12.0. The van der Waals surface area contributed by atoms with Gasteiger partial charge in [-0.05, 0) is 11.2 Å². The molecule has 0 fully saturated rings. The monoisotopic (exact) mass is 239 g/mol. The number of hydrogen-bond acceptors (Lipinski definition) is 3. The third kappa shape index (κ3) is 4.95. The fourth-order valence-corrected chi connectivity index (χ4v) is 2.22. The lowest BCUT2D eigenvalue weighted by molar-refractivity contribution is -0.127. The highest BCUT2D eigenvalue weighted by atomic mass is 32.2. The topological polar surface area (TPSA) is 69.2 Å². The molecule has 0 aromatic heterocycles. The van der Waals surface area contributed by atoms with E-state index >= 15 is 0 Å². The maximum Gasteiger partial charge on any atom is 0.276 e. The minimum atomic E-state index is -1.28. The Morgan fingerprint density at radius 1 is 1.31 bits per heavy atom. The van der Waals surface area contributed by atoms with E-state index in [1.807, 2.05) is 30.3 Å². The SMILES string of the molecule is CC(=O)NC(=O)C[S+]([O-])Cc1ccccc1. The van der Waals surface area contributed by atoms with Crippen LogP contribution in [0.25, 0.3) is 0 Å². The number of benzene rings is 1. The first-order valence-electron chi connectivity index (χ1n) is 4.77. The highest BCUT2D eigenvalue weighted by Crippen LogP contribution is 2.05. The molecule has 4 nitrogen and oxygen atoms in total. The standard InChI is InChI=1S/C11H13NO3S/c1-9(13)12-11(14)8-16(15)7-10-5-3-2-4-6-10/h2-6H,7-8H2,1H3,(H,12,13,14). The normalized spacial score (nSPS) is 11.9. The van der Waals surface area contributed by atoms with Crippen LogP contribution in [-0.4, -0.2) is 22.1 Å². The van der Waals surface area contributed by atoms with Gasteiger partial charge < -0.3 is 4.55 Å². The Labute approximate surface area is 97.2 Å². The largest absolute Gasteiger partial charge is 0.616 e. The van der Waals surface area contributed by atoms with Crippen LogP contribution in [0.3, 0.4) is 0 Å². The molecule has 1 aromatic rings. The smallest absolute Gasteiger partial charge is 0.276 e. The summed E-state index contributed by atoms with van der Waals surface area (Å²) in [7, 11) is 0. The molecule has 5 heteroatoms. The second-order valence-electron chi connectivity index (χ2n) is 3.32. The molecule has 1 aromatic carbocycles. The maximum absolute atomic E-state index is 11.5. The van der Waals surface area contributed by atoms with Crippen molar-refractivity contribution >= 4 is 23.0 Å². The highest BCUT2D eigenvalue weighted by molar-refractivity contribution is 7.91. The Balaban J connectivity index is 2.39. The lowest BCUT2D eigenvalue weighted by Crippen LogP contribution is -2.33. The number of carbonyl (C=O) groups is 2. The van der Waals surface area contributed by atoms with E-state index < -0.39 is 23.0 Å². The lowest BCUT2D eigenvalue weighted by Gasteiger charge is -2.09. The van der Waals surface area contributed by atoms with E-state index in [2.05, 4.69) is 5.32 Å². The molecule has 0 spiro atoms. The molecule has 0 bridgehead atoms. The van der Waals surface area contributed by atoms with Gasteiger partial charge in [-0.25, -0.2) is 0 Å². The zero-order valence-electron chi connectivity index (χ0n) is 8.93. The predicted octanol–water partition coefficient (Wildman–Crippen LogP) is 0.598. The summed E-state index contributed by atoms with van der Waals surface area (Å²) in [6.07, 6.45) is 0. The first-order chi connectivity index (χ1) is 7.58. The molecule has 0 saturated heterocycles. The van der Waals surface area contributed by atoms with Gasteiger partial charge in [-0.2, -0.15) is 0 Å². The van der Waals surface area contributed by atoms with Gasteiger partial charge in [-0.15, -0.1) is 0 Å². The fraction of sp³-hybridized carbons (Fsp3) is 0.273. The van der Waals surface area contributed by atoms with Gasteiger partial charge in [0.05, 0.1) is 0 Å². The summed E-state index contributed by atoms with van der Waals surface area (Å²) in [5.74, 6) is -0.746. The predicted molar refractivity (Wildman–Crippen MR) is 62.0 cm³/mol. The van der Waals surface area contributed by atoms with Gasteiger partial charge in [0.2, 0.25) is 5.91 Å². The first-order valence-corrected chi connectivity index (χ1v) is 6.26. The van der Waals surface area contributed by atoms with Crippen molar-refractivity contribution in [3.05, 3.63) is 35.9 Å². The van der Waals surface area contributed by atoms with Gasteiger partial charge in [0.25, 0.3) is 5.91 Å². The quantitative estimate of drug-likeness (QED) is 0.782. The summed E-state index contributed by atoms with van der Waals surface area (Å²) in [5, 5.41) is 2.09. The van der Waals surface area contributed by atoms with Crippen molar-refractivity contribution in [2.45, 2.75) is 12.7 Å². The van der Waals surface area contributed by atoms with Crippen LogP contribution < -0.4 is 5.32 Å². The molecule has 0 heterocycles. The third-order valence-corrected chi connectivity index (χ3v) is 3.02. The summed E-state index contributed by atoms with van der Waals surface area (Å²) in [5.41, 5.74) is 0.913. The highest BCUT2D eigenvalue weighted by Gasteiger charge is 2.14. The van der Waals surface area contributed by atoms with Crippen LogP contribution >= 0.6 is 0 Å². The number of amides is 2. The zero-order valence-corrected chi connectivity index (χ0v) is 9.75.